The number of primary amides is 1. The summed E-state index contributed by atoms with van der Waals surface area (Å²) in [5.41, 5.74) is 2.88. The zero-order valence-corrected chi connectivity index (χ0v) is 11.4. The first-order valence-electron chi connectivity index (χ1n) is 6.10. The minimum Gasteiger partial charge on any atom is -0.368 e. The van der Waals surface area contributed by atoms with Crippen molar-refractivity contribution >= 4 is 23.0 Å². The Morgan fingerprint density at radius 1 is 1.39 bits per heavy atom. The molecule has 0 spiro atoms. The van der Waals surface area contributed by atoms with Crippen LogP contribution in [0.2, 0.25) is 0 Å². The largest absolute Gasteiger partial charge is 0.423 e. The van der Waals surface area contributed by atoms with E-state index in [-0.39, 0.29) is 12.2 Å². The Bertz CT molecular complexity index is 757. The summed E-state index contributed by atoms with van der Waals surface area (Å²) in [6, 6.07) is 2.53. The quantitative estimate of drug-likeness (QED) is 0.643. The summed E-state index contributed by atoms with van der Waals surface area (Å²) in [6.45, 7) is -0.185. The van der Waals surface area contributed by atoms with Gasteiger partial charge in [0.15, 0.2) is 0 Å². The molecule has 0 atom stereocenters. The maximum Gasteiger partial charge on any atom is 0.423 e. The number of anilines is 2. The van der Waals surface area contributed by atoms with Crippen LogP contribution in [0.5, 0.6) is 0 Å². The van der Waals surface area contributed by atoms with Crippen molar-refractivity contribution < 1.29 is 22.9 Å². The van der Waals surface area contributed by atoms with Crippen LogP contribution in [0.1, 0.15) is 5.56 Å². The number of nitro benzene ring substituents is 1. The van der Waals surface area contributed by atoms with Crippen LogP contribution < -0.4 is 11.1 Å². The monoisotopic (exact) mass is 329 g/mol. The molecule has 3 N–H and O–H groups in total. The Hall–Kier alpha value is -3.11. The van der Waals surface area contributed by atoms with Crippen molar-refractivity contribution in [2.75, 3.05) is 5.32 Å². The second-order valence-corrected chi connectivity index (χ2v) is 4.50. The number of nitro groups is 1. The molecule has 0 saturated heterocycles. The highest BCUT2D eigenvalue weighted by Gasteiger charge is 2.38. The van der Waals surface area contributed by atoms with Crippen LogP contribution in [-0.4, -0.2) is 20.6 Å². The number of carbonyl (C=O) groups is 1. The van der Waals surface area contributed by atoms with Crippen LogP contribution in [0.25, 0.3) is 0 Å². The zero-order chi connectivity index (χ0) is 17.2. The van der Waals surface area contributed by atoms with Gasteiger partial charge in [-0.15, -0.1) is 0 Å². The van der Waals surface area contributed by atoms with Crippen LogP contribution in [0.4, 0.5) is 30.2 Å². The molecular formula is C12H10F3N5O3. The predicted molar refractivity (Wildman–Crippen MR) is 72.8 cm³/mol. The fourth-order valence-electron chi connectivity index (χ4n) is 1.84. The normalized spacial score (nSPS) is 11.3. The molecule has 2 rings (SSSR count). The number of nitrogens with two attached hydrogens (primary N) is 1. The number of nitrogens with zero attached hydrogens (tertiary/aromatic N) is 3. The summed E-state index contributed by atoms with van der Waals surface area (Å²) < 4.78 is 39.8. The number of hydrogen-bond acceptors (Lipinski definition) is 5. The van der Waals surface area contributed by atoms with Gasteiger partial charge in [0.2, 0.25) is 5.91 Å². The minimum absolute atomic E-state index is 0.0125. The summed E-state index contributed by atoms with van der Waals surface area (Å²) in [6.07, 6.45) is -2.23. The van der Waals surface area contributed by atoms with Crippen molar-refractivity contribution in [1.29, 1.82) is 0 Å². The van der Waals surface area contributed by atoms with E-state index in [9.17, 15) is 28.1 Å². The molecule has 1 heterocycles. The lowest BCUT2D eigenvalue weighted by Crippen LogP contribution is -2.18. The average molecular weight is 329 g/mol. The van der Waals surface area contributed by atoms with Crippen molar-refractivity contribution in [1.82, 2.24) is 9.78 Å². The highest BCUT2D eigenvalue weighted by molar-refractivity contribution is 5.73. The van der Waals surface area contributed by atoms with Gasteiger partial charge in [-0.3, -0.25) is 19.6 Å². The van der Waals surface area contributed by atoms with E-state index in [1.54, 1.807) is 0 Å². The van der Waals surface area contributed by atoms with Crippen molar-refractivity contribution in [2.24, 2.45) is 5.73 Å². The van der Waals surface area contributed by atoms with Gasteiger partial charge in [-0.05, 0) is 12.1 Å². The Labute approximate surface area is 126 Å². The molecule has 0 radical (unpaired) electrons. The second-order valence-electron chi connectivity index (χ2n) is 4.50. The maximum absolute atomic E-state index is 12.9. The molecule has 0 unspecified atom stereocenters. The van der Waals surface area contributed by atoms with Gasteiger partial charge in [0, 0.05) is 18.0 Å². The van der Waals surface area contributed by atoms with Crippen LogP contribution in [0.3, 0.4) is 0 Å². The van der Waals surface area contributed by atoms with Gasteiger partial charge >= 0.3 is 6.18 Å². The second kappa shape index (κ2) is 5.94. The fourth-order valence-corrected chi connectivity index (χ4v) is 1.84. The van der Waals surface area contributed by atoms with E-state index >= 15 is 0 Å². The lowest BCUT2D eigenvalue weighted by molar-refractivity contribution is -0.388. The molecule has 1 aromatic carbocycles. The molecule has 1 aromatic heterocycles. The maximum atomic E-state index is 12.9. The first-order chi connectivity index (χ1) is 10.7. The SMILES string of the molecule is NC(=O)Cn1cc(Nc2ccc([N+](=O)[O-])c(C(F)(F)F)c2)cn1. The third-order valence-electron chi connectivity index (χ3n) is 2.74. The number of hydrogen-bond donors (Lipinski definition) is 2. The van der Waals surface area contributed by atoms with Gasteiger partial charge in [-0.25, -0.2) is 0 Å². The zero-order valence-electron chi connectivity index (χ0n) is 11.4. The lowest BCUT2D eigenvalue weighted by atomic mass is 10.1. The molecule has 0 bridgehead atoms. The lowest BCUT2D eigenvalue weighted by Gasteiger charge is -2.10. The number of halogens is 3. The molecule has 11 heteroatoms. The molecular weight excluding hydrogens is 319 g/mol. The van der Waals surface area contributed by atoms with Gasteiger partial charge < -0.3 is 11.1 Å². The van der Waals surface area contributed by atoms with E-state index < -0.39 is 28.3 Å². The van der Waals surface area contributed by atoms with Crippen LogP contribution in [-0.2, 0) is 17.5 Å². The van der Waals surface area contributed by atoms with Crippen molar-refractivity contribution in [3.05, 3.63) is 46.3 Å². The van der Waals surface area contributed by atoms with Gasteiger partial charge in [-0.2, -0.15) is 18.3 Å². The van der Waals surface area contributed by atoms with E-state index in [1.165, 1.54) is 17.1 Å². The van der Waals surface area contributed by atoms with E-state index in [1.807, 2.05) is 0 Å². The average Bonchev–Trinajstić information content (AvgIpc) is 2.83. The minimum atomic E-state index is -4.86. The van der Waals surface area contributed by atoms with Crippen molar-refractivity contribution in [3.8, 4) is 0 Å². The number of alkyl halides is 3. The van der Waals surface area contributed by atoms with Crippen molar-refractivity contribution in [2.45, 2.75) is 12.7 Å². The summed E-state index contributed by atoms with van der Waals surface area (Å²) >= 11 is 0. The summed E-state index contributed by atoms with van der Waals surface area (Å²) in [5, 5.41) is 17.1. The van der Waals surface area contributed by atoms with Gasteiger partial charge in [-0.1, -0.05) is 0 Å². The fraction of sp³-hybridized carbons (Fsp3) is 0.167. The number of rotatable bonds is 5. The third kappa shape index (κ3) is 3.96. The smallest absolute Gasteiger partial charge is 0.368 e. The summed E-state index contributed by atoms with van der Waals surface area (Å²) in [4.78, 5) is 20.3. The highest BCUT2D eigenvalue weighted by Crippen LogP contribution is 2.38. The molecule has 0 aliphatic rings. The molecule has 0 saturated carbocycles. The number of aromatic nitrogens is 2. The van der Waals surface area contributed by atoms with Gasteiger partial charge in [0.05, 0.1) is 16.8 Å². The number of carbonyl (C=O) groups excluding carboxylic acids is 1. The van der Waals surface area contributed by atoms with Crippen LogP contribution in [0.15, 0.2) is 30.6 Å². The van der Waals surface area contributed by atoms with E-state index in [0.717, 1.165) is 12.1 Å². The Kier molecular flexibility index (Phi) is 4.20. The molecule has 8 nitrogen and oxygen atoms in total. The van der Waals surface area contributed by atoms with Crippen molar-refractivity contribution in [3.63, 3.8) is 0 Å². The van der Waals surface area contributed by atoms with E-state index in [0.29, 0.717) is 11.8 Å². The summed E-state index contributed by atoms with van der Waals surface area (Å²) in [7, 11) is 0. The van der Waals surface area contributed by atoms with Gasteiger partial charge in [0.1, 0.15) is 12.1 Å². The number of nitrogens with one attached hydrogen (secondary N) is 1. The predicted octanol–water partition coefficient (Wildman–Crippen LogP) is 2.04. The van der Waals surface area contributed by atoms with Gasteiger partial charge in [0.25, 0.3) is 5.69 Å². The Morgan fingerprint density at radius 3 is 2.65 bits per heavy atom. The molecule has 1 amide bonds. The molecule has 0 aliphatic heterocycles. The molecule has 122 valence electrons. The summed E-state index contributed by atoms with van der Waals surface area (Å²) in [5.74, 6) is -0.630. The molecule has 0 aliphatic carbocycles. The molecule has 2 aromatic rings. The van der Waals surface area contributed by atoms with E-state index in [2.05, 4.69) is 10.4 Å². The van der Waals surface area contributed by atoms with Crippen LogP contribution in [0, 0.1) is 10.1 Å². The first-order valence-corrected chi connectivity index (χ1v) is 6.10. The standard InChI is InChI=1S/C12H10F3N5O3/c13-12(14,15)9-3-7(1-2-10(9)20(22)23)18-8-4-17-19(5-8)6-11(16)21/h1-5,18H,6H2,(H2,16,21). The van der Waals surface area contributed by atoms with E-state index in [4.69, 9.17) is 5.73 Å². The number of benzene rings is 1. The first kappa shape index (κ1) is 16.3. The molecule has 0 fully saturated rings. The van der Waals surface area contributed by atoms with Crippen LogP contribution >= 0.6 is 0 Å². The Morgan fingerprint density at radius 2 is 2.09 bits per heavy atom. The third-order valence-corrected chi connectivity index (χ3v) is 2.74. The topological polar surface area (TPSA) is 116 Å². The molecule has 23 heavy (non-hydrogen) atoms. The number of amides is 1. The Balaban J connectivity index is 2.29. The highest BCUT2D eigenvalue weighted by atomic mass is 19.4.